The van der Waals surface area contributed by atoms with Crippen molar-refractivity contribution >= 4 is 16.5 Å². The average molecular weight is 319 g/mol. The van der Waals surface area contributed by atoms with E-state index in [4.69, 9.17) is 4.74 Å². The molecule has 0 amide bonds. The lowest BCUT2D eigenvalue weighted by Gasteiger charge is -2.12. The normalized spacial score (nSPS) is 11.0. The number of ether oxygens (including phenoxy) is 1. The summed E-state index contributed by atoms with van der Waals surface area (Å²) in [4.78, 5) is 0. The van der Waals surface area contributed by atoms with Gasteiger partial charge in [-0.3, -0.25) is 0 Å². The van der Waals surface area contributed by atoms with Crippen molar-refractivity contribution in [2.75, 3.05) is 11.9 Å². The van der Waals surface area contributed by atoms with E-state index in [0.717, 1.165) is 25.3 Å². The van der Waals surface area contributed by atoms with Crippen LogP contribution in [-0.2, 0) is 6.54 Å². The zero-order chi connectivity index (χ0) is 16.8. The summed E-state index contributed by atoms with van der Waals surface area (Å²) in [5.74, 6) is 1.62. The van der Waals surface area contributed by atoms with E-state index in [1.807, 2.05) is 6.07 Å². The van der Waals surface area contributed by atoms with Gasteiger partial charge in [0.15, 0.2) is 0 Å². The molecule has 124 valence electrons. The van der Waals surface area contributed by atoms with E-state index < -0.39 is 0 Å². The van der Waals surface area contributed by atoms with Gasteiger partial charge in [-0.25, -0.2) is 0 Å². The molecule has 0 saturated heterocycles. The third-order valence-corrected chi connectivity index (χ3v) is 4.13. The monoisotopic (exact) mass is 319 g/mol. The maximum absolute atomic E-state index is 5.85. The van der Waals surface area contributed by atoms with Gasteiger partial charge in [0.05, 0.1) is 6.61 Å². The highest BCUT2D eigenvalue weighted by Gasteiger charge is 2.02. The Balaban J connectivity index is 1.66. The smallest absolute Gasteiger partial charge is 0.119 e. The van der Waals surface area contributed by atoms with Crippen LogP contribution >= 0.6 is 0 Å². The molecule has 0 aliphatic rings. The third-order valence-electron chi connectivity index (χ3n) is 4.13. The Bertz CT molecular complexity index is 789. The highest BCUT2D eigenvalue weighted by molar-refractivity contribution is 5.93. The lowest BCUT2D eigenvalue weighted by atomic mass is 10.1. The molecule has 0 heterocycles. The molecule has 0 atom stereocenters. The zero-order valence-corrected chi connectivity index (χ0v) is 14.5. The molecular formula is C22H25NO. The van der Waals surface area contributed by atoms with Gasteiger partial charge in [0.2, 0.25) is 0 Å². The minimum Gasteiger partial charge on any atom is -0.494 e. The minimum atomic E-state index is 0.668. The molecule has 0 unspecified atom stereocenters. The number of fused-ring (bicyclic) bond motifs is 1. The summed E-state index contributed by atoms with van der Waals surface area (Å²) in [7, 11) is 0. The van der Waals surface area contributed by atoms with E-state index in [2.05, 4.69) is 79.8 Å². The van der Waals surface area contributed by atoms with Crippen LogP contribution in [0.4, 0.5) is 5.69 Å². The van der Waals surface area contributed by atoms with Crippen LogP contribution in [0.5, 0.6) is 5.75 Å². The van der Waals surface area contributed by atoms with Crippen molar-refractivity contribution in [1.29, 1.82) is 0 Å². The van der Waals surface area contributed by atoms with E-state index in [9.17, 15) is 0 Å². The van der Waals surface area contributed by atoms with Crippen LogP contribution in [0.25, 0.3) is 10.8 Å². The van der Waals surface area contributed by atoms with Crippen LogP contribution in [0.15, 0.2) is 66.7 Å². The maximum Gasteiger partial charge on any atom is 0.119 e. The summed E-state index contributed by atoms with van der Waals surface area (Å²) in [5.41, 5.74) is 2.39. The first-order valence-electron chi connectivity index (χ1n) is 8.66. The van der Waals surface area contributed by atoms with Crippen molar-refractivity contribution in [3.8, 4) is 5.75 Å². The number of anilines is 1. The molecule has 2 nitrogen and oxygen atoms in total. The molecule has 0 saturated carbocycles. The molecule has 2 heteroatoms. The Hall–Kier alpha value is -2.48. The lowest BCUT2D eigenvalue weighted by molar-refractivity contribution is 0.289. The second-order valence-electron chi connectivity index (χ2n) is 6.56. The van der Waals surface area contributed by atoms with Gasteiger partial charge in [-0.15, -0.1) is 0 Å². The Morgan fingerprint density at radius 2 is 1.71 bits per heavy atom. The van der Waals surface area contributed by atoms with Crippen LogP contribution in [-0.4, -0.2) is 6.61 Å². The lowest BCUT2D eigenvalue weighted by Crippen LogP contribution is -2.03. The average Bonchev–Trinajstić information content (AvgIpc) is 2.60. The Morgan fingerprint density at radius 3 is 2.58 bits per heavy atom. The predicted octanol–water partition coefficient (Wildman–Crippen LogP) is 5.88. The second-order valence-corrected chi connectivity index (χ2v) is 6.56. The van der Waals surface area contributed by atoms with Crippen LogP contribution < -0.4 is 10.1 Å². The number of rotatable bonds is 7. The SMILES string of the molecule is CC(C)CCOc1cccc(CNc2cccc3ccccc23)c1. The van der Waals surface area contributed by atoms with Crippen molar-refractivity contribution < 1.29 is 4.74 Å². The maximum atomic E-state index is 5.85. The topological polar surface area (TPSA) is 21.3 Å². The van der Waals surface area contributed by atoms with Gasteiger partial charge in [0.1, 0.15) is 5.75 Å². The fraction of sp³-hybridized carbons (Fsp3) is 0.273. The quantitative estimate of drug-likeness (QED) is 0.587. The fourth-order valence-corrected chi connectivity index (χ4v) is 2.73. The van der Waals surface area contributed by atoms with Crippen molar-refractivity contribution in [3.05, 3.63) is 72.3 Å². The van der Waals surface area contributed by atoms with Gasteiger partial charge in [0, 0.05) is 17.6 Å². The Kier molecular flexibility index (Phi) is 5.37. The number of hydrogen-bond donors (Lipinski definition) is 1. The minimum absolute atomic E-state index is 0.668. The van der Waals surface area contributed by atoms with E-state index in [0.29, 0.717) is 5.92 Å². The first-order chi connectivity index (χ1) is 11.7. The first-order valence-corrected chi connectivity index (χ1v) is 8.66. The summed E-state index contributed by atoms with van der Waals surface area (Å²) >= 11 is 0. The number of hydrogen-bond acceptors (Lipinski definition) is 2. The molecule has 0 radical (unpaired) electrons. The molecule has 3 aromatic rings. The molecule has 0 aromatic heterocycles. The largest absolute Gasteiger partial charge is 0.494 e. The van der Waals surface area contributed by atoms with Gasteiger partial charge in [0.25, 0.3) is 0 Å². The number of nitrogens with one attached hydrogen (secondary N) is 1. The van der Waals surface area contributed by atoms with Crippen molar-refractivity contribution in [2.45, 2.75) is 26.8 Å². The summed E-state index contributed by atoms with van der Waals surface area (Å²) in [5, 5.41) is 6.06. The summed E-state index contributed by atoms with van der Waals surface area (Å²) in [6.45, 7) is 6.00. The standard InChI is InChI=1S/C22H25NO/c1-17(2)13-14-24-20-10-5-7-18(15-20)16-23-22-12-6-9-19-8-3-4-11-21(19)22/h3-12,15,17,23H,13-14,16H2,1-2H3. The van der Waals surface area contributed by atoms with Crippen LogP contribution in [0.2, 0.25) is 0 Å². The number of benzene rings is 3. The third kappa shape index (κ3) is 4.29. The van der Waals surface area contributed by atoms with Crippen LogP contribution in [0, 0.1) is 5.92 Å². The molecule has 0 aliphatic heterocycles. The van der Waals surface area contributed by atoms with Gasteiger partial charge in [-0.2, -0.15) is 0 Å². The predicted molar refractivity (Wildman–Crippen MR) is 103 cm³/mol. The molecule has 3 rings (SSSR count). The summed E-state index contributed by atoms with van der Waals surface area (Å²) in [6, 6.07) is 23.2. The molecule has 3 aromatic carbocycles. The summed E-state index contributed by atoms with van der Waals surface area (Å²) in [6.07, 6.45) is 1.08. The van der Waals surface area contributed by atoms with Gasteiger partial charge >= 0.3 is 0 Å². The van der Waals surface area contributed by atoms with Crippen LogP contribution in [0.1, 0.15) is 25.8 Å². The molecule has 1 N–H and O–H groups in total. The van der Waals surface area contributed by atoms with Crippen molar-refractivity contribution in [2.24, 2.45) is 5.92 Å². The molecule has 0 bridgehead atoms. The van der Waals surface area contributed by atoms with Gasteiger partial charge < -0.3 is 10.1 Å². The fourth-order valence-electron chi connectivity index (χ4n) is 2.73. The molecule has 0 fully saturated rings. The highest BCUT2D eigenvalue weighted by atomic mass is 16.5. The first kappa shape index (κ1) is 16.4. The van der Waals surface area contributed by atoms with E-state index in [-0.39, 0.29) is 0 Å². The van der Waals surface area contributed by atoms with E-state index in [1.165, 1.54) is 22.0 Å². The van der Waals surface area contributed by atoms with Crippen LogP contribution in [0.3, 0.4) is 0 Å². The summed E-state index contributed by atoms with van der Waals surface area (Å²) < 4.78 is 5.85. The van der Waals surface area contributed by atoms with Gasteiger partial charge in [-0.1, -0.05) is 62.4 Å². The molecule has 24 heavy (non-hydrogen) atoms. The molecular weight excluding hydrogens is 294 g/mol. The highest BCUT2D eigenvalue weighted by Crippen LogP contribution is 2.24. The molecule has 0 aliphatic carbocycles. The zero-order valence-electron chi connectivity index (χ0n) is 14.5. The van der Waals surface area contributed by atoms with E-state index in [1.54, 1.807) is 0 Å². The Morgan fingerprint density at radius 1 is 0.917 bits per heavy atom. The second kappa shape index (κ2) is 7.87. The van der Waals surface area contributed by atoms with Crippen molar-refractivity contribution in [3.63, 3.8) is 0 Å². The van der Waals surface area contributed by atoms with Crippen molar-refractivity contribution in [1.82, 2.24) is 0 Å². The van der Waals surface area contributed by atoms with E-state index >= 15 is 0 Å². The Labute approximate surface area is 144 Å². The van der Waals surface area contributed by atoms with Gasteiger partial charge in [-0.05, 0) is 41.5 Å². The molecule has 0 spiro atoms.